The summed E-state index contributed by atoms with van der Waals surface area (Å²) in [4.78, 5) is 27.7. The summed E-state index contributed by atoms with van der Waals surface area (Å²) < 4.78 is 0. The number of carbonyl (C=O) groups is 2. The molecule has 2 heterocycles. The molecule has 0 aliphatic carbocycles. The molecule has 5 N–H and O–H groups in total. The van der Waals surface area contributed by atoms with Gasteiger partial charge >= 0.3 is 0 Å². The highest BCUT2D eigenvalue weighted by molar-refractivity contribution is 7.13. The van der Waals surface area contributed by atoms with Crippen LogP contribution in [0.2, 0.25) is 5.02 Å². The normalized spacial score (nSPS) is 20.0. The molecule has 1 aromatic carbocycles. The summed E-state index contributed by atoms with van der Waals surface area (Å²) in [6, 6.07) is 7.21. The van der Waals surface area contributed by atoms with E-state index in [1.54, 1.807) is 17.5 Å². The lowest BCUT2D eigenvalue weighted by Gasteiger charge is -2.17. The fourth-order valence-electron chi connectivity index (χ4n) is 2.55. The van der Waals surface area contributed by atoms with Gasteiger partial charge in [0.05, 0.1) is 24.1 Å². The van der Waals surface area contributed by atoms with E-state index in [4.69, 9.17) is 17.3 Å². The zero-order valence-corrected chi connectivity index (χ0v) is 14.2. The van der Waals surface area contributed by atoms with Crippen molar-refractivity contribution in [2.75, 3.05) is 11.9 Å². The van der Waals surface area contributed by atoms with Gasteiger partial charge < -0.3 is 11.1 Å². The number of nitrogens with zero attached hydrogens (tertiary/aromatic N) is 1. The number of hydrogen-bond acceptors (Lipinski definition) is 6. The molecule has 1 fully saturated rings. The molecule has 1 aliphatic heterocycles. The molecule has 0 bridgehead atoms. The van der Waals surface area contributed by atoms with Crippen molar-refractivity contribution >= 4 is 39.9 Å². The zero-order valence-electron chi connectivity index (χ0n) is 12.6. The fraction of sp³-hybridized carbons (Fsp3) is 0.267. The predicted molar refractivity (Wildman–Crippen MR) is 92.5 cm³/mol. The van der Waals surface area contributed by atoms with Crippen LogP contribution in [0.25, 0.3) is 0 Å². The lowest BCUT2D eigenvalue weighted by molar-refractivity contribution is -0.120. The summed E-state index contributed by atoms with van der Waals surface area (Å²) in [7, 11) is 0. The highest BCUT2D eigenvalue weighted by Gasteiger charge is 2.34. The number of hydrazine groups is 1. The molecule has 0 spiro atoms. The zero-order chi connectivity index (χ0) is 17.1. The van der Waals surface area contributed by atoms with Crippen molar-refractivity contribution < 1.29 is 9.59 Å². The Kier molecular flexibility index (Phi) is 5.10. The molecule has 0 radical (unpaired) electrons. The number of amides is 2. The van der Waals surface area contributed by atoms with Gasteiger partial charge in [0, 0.05) is 16.9 Å². The number of aromatic nitrogens is 1. The molecule has 24 heavy (non-hydrogen) atoms. The molecule has 2 aromatic rings. The first-order valence-electron chi connectivity index (χ1n) is 7.30. The van der Waals surface area contributed by atoms with Crippen LogP contribution in [-0.4, -0.2) is 23.3 Å². The summed E-state index contributed by atoms with van der Waals surface area (Å²) in [6.07, 6.45) is 0.0618. The molecule has 2 amide bonds. The van der Waals surface area contributed by atoms with Crippen LogP contribution in [0.4, 0.5) is 5.13 Å². The van der Waals surface area contributed by atoms with Gasteiger partial charge in [-0.3, -0.25) is 15.0 Å². The molecule has 7 nitrogen and oxygen atoms in total. The van der Waals surface area contributed by atoms with Gasteiger partial charge in [-0.1, -0.05) is 23.7 Å². The molecule has 1 aliphatic rings. The first-order valence-corrected chi connectivity index (χ1v) is 8.56. The topological polar surface area (TPSA) is 109 Å². The number of rotatable bonds is 5. The largest absolute Gasteiger partial charge is 0.369 e. The molecule has 3 rings (SSSR count). The van der Waals surface area contributed by atoms with Crippen LogP contribution in [0, 0.1) is 5.92 Å². The van der Waals surface area contributed by atoms with E-state index in [9.17, 15) is 9.59 Å². The molecule has 2 atom stereocenters. The highest BCUT2D eigenvalue weighted by Crippen LogP contribution is 2.27. The maximum Gasteiger partial charge on any atom is 0.232 e. The molecule has 0 saturated carbocycles. The summed E-state index contributed by atoms with van der Waals surface area (Å²) in [6.45, 7) is 0.499. The number of anilines is 1. The van der Waals surface area contributed by atoms with Crippen molar-refractivity contribution in [3.63, 3.8) is 0 Å². The number of nitrogens with two attached hydrogens (primary N) is 1. The summed E-state index contributed by atoms with van der Waals surface area (Å²) in [5, 5.41) is 5.61. The Morgan fingerprint density at radius 2 is 2.12 bits per heavy atom. The van der Waals surface area contributed by atoms with E-state index in [-0.39, 0.29) is 24.3 Å². The van der Waals surface area contributed by atoms with Gasteiger partial charge in [-0.2, -0.15) is 0 Å². The Hall–Kier alpha value is -2.00. The van der Waals surface area contributed by atoms with Crippen molar-refractivity contribution in [3.05, 3.63) is 45.9 Å². The predicted octanol–water partition coefficient (Wildman–Crippen LogP) is 1.23. The van der Waals surface area contributed by atoms with Crippen LogP contribution in [0.3, 0.4) is 0 Å². The number of halogens is 1. The van der Waals surface area contributed by atoms with Crippen molar-refractivity contribution in [1.82, 2.24) is 15.8 Å². The van der Waals surface area contributed by atoms with E-state index in [0.29, 0.717) is 22.4 Å². The van der Waals surface area contributed by atoms with E-state index in [1.165, 1.54) is 11.3 Å². The molecule has 2 unspecified atom stereocenters. The van der Waals surface area contributed by atoms with Gasteiger partial charge in [0.15, 0.2) is 5.13 Å². The van der Waals surface area contributed by atoms with Gasteiger partial charge in [0.25, 0.3) is 0 Å². The Morgan fingerprint density at radius 1 is 1.38 bits per heavy atom. The number of nitrogens with one attached hydrogen (secondary N) is 3. The molecule has 1 saturated heterocycles. The van der Waals surface area contributed by atoms with Gasteiger partial charge in [0.2, 0.25) is 11.8 Å². The van der Waals surface area contributed by atoms with E-state index < -0.39 is 5.91 Å². The maximum atomic E-state index is 12.6. The first kappa shape index (κ1) is 16.8. The molecule has 9 heteroatoms. The highest BCUT2D eigenvalue weighted by atomic mass is 35.5. The van der Waals surface area contributed by atoms with Crippen molar-refractivity contribution in [3.8, 4) is 0 Å². The number of benzene rings is 1. The number of hydrogen-bond donors (Lipinski definition) is 4. The van der Waals surface area contributed by atoms with Crippen LogP contribution >= 0.6 is 22.9 Å². The molecule has 1 aromatic heterocycles. The molecular formula is C15H16ClN5O2S. The van der Waals surface area contributed by atoms with Crippen LogP contribution in [0.15, 0.2) is 29.6 Å². The standard InChI is InChI=1S/C15H16ClN5O2S/c16-9-3-1-8(2-4-9)13-11(6-18-21-13)14(23)20-15-19-10(7-24-15)5-12(17)22/h1-4,7,11,13,18,21H,5-6H2,(H2,17,22)(H,19,20,23). The maximum absolute atomic E-state index is 12.6. The number of thiazole rings is 1. The Balaban J connectivity index is 1.68. The summed E-state index contributed by atoms with van der Waals surface area (Å²) in [5.74, 6) is -0.896. The second kappa shape index (κ2) is 7.27. The molecular weight excluding hydrogens is 350 g/mol. The van der Waals surface area contributed by atoms with Crippen molar-refractivity contribution in [1.29, 1.82) is 0 Å². The van der Waals surface area contributed by atoms with Crippen molar-refractivity contribution in [2.45, 2.75) is 12.5 Å². The Morgan fingerprint density at radius 3 is 2.83 bits per heavy atom. The summed E-state index contributed by atoms with van der Waals surface area (Å²) in [5.41, 5.74) is 12.8. The van der Waals surface area contributed by atoms with E-state index in [1.807, 2.05) is 12.1 Å². The van der Waals surface area contributed by atoms with Gasteiger partial charge in [-0.05, 0) is 17.7 Å². The van der Waals surface area contributed by atoms with Crippen molar-refractivity contribution in [2.24, 2.45) is 11.7 Å². The van der Waals surface area contributed by atoms with Gasteiger partial charge in [-0.15, -0.1) is 11.3 Å². The second-order valence-electron chi connectivity index (χ2n) is 5.44. The third kappa shape index (κ3) is 3.90. The van der Waals surface area contributed by atoms with E-state index >= 15 is 0 Å². The second-order valence-corrected chi connectivity index (χ2v) is 6.73. The minimum atomic E-state index is -0.454. The monoisotopic (exact) mass is 365 g/mol. The Labute approximate surface area is 147 Å². The van der Waals surface area contributed by atoms with Crippen LogP contribution in [0.1, 0.15) is 17.3 Å². The van der Waals surface area contributed by atoms with Crippen LogP contribution < -0.4 is 21.9 Å². The quantitative estimate of drug-likeness (QED) is 0.637. The lowest BCUT2D eigenvalue weighted by Crippen LogP contribution is -2.29. The SMILES string of the molecule is NC(=O)Cc1csc(NC(=O)C2CNNC2c2ccc(Cl)cc2)n1. The average Bonchev–Trinajstić information content (AvgIpc) is 3.17. The third-order valence-electron chi connectivity index (χ3n) is 3.69. The smallest absolute Gasteiger partial charge is 0.232 e. The first-order chi connectivity index (χ1) is 11.5. The van der Waals surface area contributed by atoms with E-state index in [2.05, 4.69) is 21.2 Å². The lowest BCUT2D eigenvalue weighted by atomic mass is 9.94. The van der Waals surface area contributed by atoms with Gasteiger partial charge in [-0.25, -0.2) is 10.4 Å². The van der Waals surface area contributed by atoms with Crippen LogP contribution in [-0.2, 0) is 16.0 Å². The number of primary amides is 1. The van der Waals surface area contributed by atoms with Crippen LogP contribution in [0.5, 0.6) is 0 Å². The minimum Gasteiger partial charge on any atom is -0.369 e. The van der Waals surface area contributed by atoms with Gasteiger partial charge in [0.1, 0.15) is 0 Å². The number of carbonyl (C=O) groups excluding carboxylic acids is 2. The molecule has 126 valence electrons. The van der Waals surface area contributed by atoms with E-state index in [0.717, 1.165) is 5.56 Å². The fourth-order valence-corrected chi connectivity index (χ4v) is 3.39. The third-order valence-corrected chi connectivity index (χ3v) is 4.74. The average molecular weight is 366 g/mol. The summed E-state index contributed by atoms with van der Waals surface area (Å²) >= 11 is 7.18. The minimum absolute atomic E-state index is 0.0618. The Bertz CT molecular complexity index is 749.